The fourth-order valence-corrected chi connectivity index (χ4v) is 3.82. The maximum atomic E-state index is 12.1. The van der Waals surface area contributed by atoms with Crippen molar-refractivity contribution in [2.24, 2.45) is 0 Å². The van der Waals surface area contributed by atoms with E-state index >= 15 is 0 Å². The van der Waals surface area contributed by atoms with E-state index in [2.05, 4.69) is 15.5 Å². The molecule has 180 valence electrons. The predicted molar refractivity (Wildman–Crippen MR) is 133 cm³/mol. The van der Waals surface area contributed by atoms with Gasteiger partial charge in [0, 0.05) is 49.3 Å². The second-order valence-electron chi connectivity index (χ2n) is 8.76. The lowest BCUT2D eigenvalue weighted by Crippen LogP contribution is -2.23. The van der Waals surface area contributed by atoms with Gasteiger partial charge in [-0.1, -0.05) is 34.4 Å². The number of ether oxygens (including phenoxy) is 1. The van der Waals surface area contributed by atoms with Crippen LogP contribution >= 0.6 is 23.2 Å². The number of carbonyl (C=O) groups is 2. The highest BCUT2D eigenvalue weighted by Crippen LogP contribution is 2.35. The normalized spacial score (nSPS) is 11.3. The summed E-state index contributed by atoms with van der Waals surface area (Å²) in [5.74, 6) is 0.268. The lowest BCUT2D eigenvalue weighted by atomic mass is 10.1. The Morgan fingerprint density at radius 1 is 1.03 bits per heavy atom. The number of carbonyl (C=O) groups excluding carboxylic acids is 2. The molecule has 0 fully saturated rings. The molecule has 0 saturated carbocycles. The van der Waals surface area contributed by atoms with E-state index in [-0.39, 0.29) is 18.2 Å². The van der Waals surface area contributed by atoms with Crippen molar-refractivity contribution >= 4 is 40.6 Å². The molecule has 1 aromatic carbocycles. The first-order valence-corrected chi connectivity index (χ1v) is 11.7. The van der Waals surface area contributed by atoms with Gasteiger partial charge in [-0.15, -0.1) is 0 Å². The topological polar surface area (TPSA) is 94.3 Å². The minimum Gasteiger partial charge on any atom is -0.460 e. The summed E-state index contributed by atoms with van der Waals surface area (Å²) in [4.78, 5) is 28.2. The van der Waals surface area contributed by atoms with Gasteiger partial charge >= 0.3 is 5.97 Å². The van der Waals surface area contributed by atoms with Gasteiger partial charge in [0.15, 0.2) is 5.76 Å². The molecule has 0 atom stereocenters. The number of halogens is 2. The Morgan fingerprint density at radius 3 is 2.47 bits per heavy atom. The van der Waals surface area contributed by atoms with E-state index in [0.717, 1.165) is 5.69 Å². The van der Waals surface area contributed by atoms with Gasteiger partial charge in [0.25, 0.3) is 0 Å². The molecule has 9 heteroatoms. The maximum Gasteiger partial charge on any atom is 0.306 e. The van der Waals surface area contributed by atoms with Crippen LogP contribution in [0.3, 0.4) is 0 Å². The molecule has 3 aromatic rings. The van der Waals surface area contributed by atoms with Crippen LogP contribution in [-0.4, -0.2) is 34.0 Å². The van der Waals surface area contributed by atoms with Gasteiger partial charge in [0.1, 0.15) is 22.8 Å². The summed E-state index contributed by atoms with van der Waals surface area (Å²) < 4.78 is 10.7. The molecule has 0 aliphatic rings. The average Bonchev–Trinajstić information content (AvgIpc) is 3.22. The fraction of sp³-hybridized carbons (Fsp3) is 0.360. The van der Waals surface area contributed by atoms with E-state index < -0.39 is 5.60 Å². The minimum atomic E-state index is -0.511. The molecule has 0 aliphatic carbocycles. The smallest absolute Gasteiger partial charge is 0.306 e. The zero-order valence-electron chi connectivity index (χ0n) is 19.4. The van der Waals surface area contributed by atoms with E-state index in [9.17, 15) is 9.59 Å². The van der Waals surface area contributed by atoms with Crippen LogP contribution in [0, 0.1) is 0 Å². The fourth-order valence-electron chi connectivity index (χ4n) is 3.23. The monoisotopic (exact) mass is 503 g/mol. The van der Waals surface area contributed by atoms with Crippen molar-refractivity contribution in [2.45, 2.75) is 52.1 Å². The van der Waals surface area contributed by atoms with Gasteiger partial charge in [0.05, 0.1) is 10.0 Å². The second-order valence-corrected chi connectivity index (χ2v) is 9.57. The zero-order valence-corrected chi connectivity index (χ0v) is 20.9. The molecule has 0 amide bonds. The zero-order chi connectivity index (χ0) is 24.7. The Morgan fingerprint density at radius 2 is 1.76 bits per heavy atom. The number of nitrogens with one attached hydrogen (secondary N) is 1. The highest BCUT2D eigenvalue weighted by Gasteiger charge is 2.17. The molecule has 0 aliphatic heterocycles. The minimum absolute atomic E-state index is 0.0850. The van der Waals surface area contributed by atoms with Crippen LogP contribution in [0.15, 0.2) is 47.1 Å². The quantitative estimate of drug-likeness (QED) is 0.311. The van der Waals surface area contributed by atoms with Crippen LogP contribution in [0.2, 0.25) is 10.0 Å². The predicted octanol–water partition coefficient (Wildman–Crippen LogP) is 6.59. The number of rotatable bonds is 10. The van der Waals surface area contributed by atoms with Crippen molar-refractivity contribution < 1.29 is 18.8 Å². The van der Waals surface area contributed by atoms with Crippen molar-refractivity contribution in [1.82, 2.24) is 10.1 Å². The SMILES string of the molecule is CC(C)(C)OC(=O)CCCC(=O)CCNc1ccnc(-c2cc(-c3c(Cl)cccc3Cl)no2)c1. The van der Waals surface area contributed by atoms with E-state index in [1.165, 1.54) is 0 Å². The van der Waals surface area contributed by atoms with Crippen molar-refractivity contribution in [3.05, 3.63) is 52.6 Å². The number of Topliss-reactive ketones (excluding diaryl/α,β-unsaturated/α-hetero) is 1. The van der Waals surface area contributed by atoms with Crippen LogP contribution in [0.4, 0.5) is 5.69 Å². The summed E-state index contributed by atoms with van der Waals surface area (Å²) in [5, 5.41) is 8.25. The molecule has 3 rings (SSSR count). The molecule has 34 heavy (non-hydrogen) atoms. The van der Waals surface area contributed by atoms with E-state index in [4.69, 9.17) is 32.5 Å². The first-order chi connectivity index (χ1) is 16.1. The van der Waals surface area contributed by atoms with Crippen molar-refractivity contribution in [1.29, 1.82) is 0 Å². The molecule has 0 bridgehead atoms. The summed E-state index contributed by atoms with van der Waals surface area (Å²) in [7, 11) is 0. The van der Waals surface area contributed by atoms with Crippen LogP contribution in [0.5, 0.6) is 0 Å². The second kappa shape index (κ2) is 11.5. The van der Waals surface area contributed by atoms with Gasteiger partial charge in [-0.25, -0.2) is 0 Å². The molecule has 0 unspecified atom stereocenters. The number of aromatic nitrogens is 2. The largest absolute Gasteiger partial charge is 0.460 e. The van der Waals surface area contributed by atoms with Gasteiger partial charge < -0.3 is 14.6 Å². The van der Waals surface area contributed by atoms with Gasteiger partial charge in [-0.05, 0) is 51.5 Å². The first-order valence-electron chi connectivity index (χ1n) is 11.0. The number of hydrogen-bond donors (Lipinski definition) is 1. The Kier molecular flexibility index (Phi) is 8.69. The summed E-state index contributed by atoms with van der Waals surface area (Å²) >= 11 is 12.5. The summed E-state index contributed by atoms with van der Waals surface area (Å²) in [6.45, 7) is 5.93. The van der Waals surface area contributed by atoms with Crippen LogP contribution in [-0.2, 0) is 14.3 Å². The standard InChI is InChI=1S/C25H27Cl2N3O4/c1-25(2,3)33-23(32)9-4-6-17(31)11-13-28-16-10-12-29-20(14-16)22-15-21(30-34-22)24-18(26)7-5-8-19(24)27/h5,7-8,10,12,14-15H,4,6,9,11,13H2,1-3H3,(H,28,29). The van der Waals surface area contributed by atoms with E-state index in [0.29, 0.717) is 58.6 Å². The van der Waals surface area contributed by atoms with Crippen LogP contribution in [0.25, 0.3) is 22.7 Å². The Balaban J connectivity index is 1.50. The third-order valence-corrected chi connectivity index (χ3v) is 5.36. The molecular weight excluding hydrogens is 477 g/mol. The molecule has 7 nitrogen and oxygen atoms in total. The number of benzene rings is 1. The number of esters is 1. The molecule has 0 radical (unpaired) electrons. The van der Waals surface area contributed by atoms with Crippen molar-refractivity contribution in [2.75, 3.05) is 11.9 Å². The number of hydrogen-bond acceptors (Lipinski definition) is 7. The summed E-state index contributed by atoms with van der Waals surface area (Å²) in [6, 6.07) is 10.6. The van der Waals surface area contributed by atoms with Crippen LogP contribution in [0.1, 0.15) is 46.5 Å². The Bertz CT molecular complexity index is 1130. The number of pyridine rings is 1. The first kappa shape index (κ1) is 25.7. The number of anilines is 1. The van der Waals surface area contributed by atoms with Gasteiger partial charge in [0.2, 0.25) is 0 Å². The molecule has 2 heterocycles. The lowest BCUT2D eigenvalue weighted by Gasteiger charge is -2.19. The highest BCUT2D eigenvalue weighted by molar-refractivity contribution is 6.39. The lowest BCUT2D eigenvalue weighted by molar-refractivity contribution is -0.154. The van der Waals surface area contributed by atoms with E-state index in [1.807, 2.05) is 26.8 Å². The Labute approximate surface area is 208 Å². The summed E-state index contributed by atoms with van der Waals surface area (Å²) in [6.07, 6.45) is 3.06. The Hall–Kier alpha value is -2.90. The number of ketones is 1. The molecule has 2 aromatic heterocycles. The van der Waals surface area contributed by atoms with Crippen molar-refractivity contribution in [3.63, 3.8) is 0 Å². The molecule has 1 N–H and O–H groups in total. The van der Waals surface area contributed by atoms with Crippen LogP contribution < -0.4 is 5.32 Å². The molecular formula is C25H27Cl2N3O4. The van der Waals surface area contributed by atoms with Gasteiger partial charge in [-0.2, -0.15) is 0 Å². The van der Waals surface area contributed by atoms with Crippen molar-refractivity contribution in [3.8, 4) is 22.7 Å². The number of nitrogens with zero attached hydrogens (tertiary/aromatic N) is 2. The average molecular weight is 504 g/mol. The molecule has 0 saturated heterocycles. The maximum absolute atomic E-state index is 12.1. The highest BCUT2D eigenvalue weighted by atomic mass is 35.5. The van der Waals surface area contributed by atoms with Gasteiger partial charge in [-0.3, -0.25) is 14.6 Å². The van der Waals surface area contributed by atoms with E-state index in [1.54, 1.807) is 36.5 Å². The summed E-state index contributed by atoms with van der Waals surface area (Å²) in [5.41, 5.74) is 1.97. The third kappa shape index (κ3) is 7.57. The molecule has 0 spiro atoms. The third-order valence-electron chi connectivity index (χ3n) is 4.73.